The molecule has 50 heavy (non-hydrogen) atoms. The van der Waals surface area contributed by atoms with Crippen molar-refractivity contribution in [2.24, 2.45) is 5.92 Å². The number of Topliss-reactive ketones (excluding diaryl/α,β-unsaturated/α-hetero) is 1. The monoisotopic (exact) mass is 694 g/mol. The molecule has 0 fully saturated rings. The number of alkyl halides is 3. The Bertz CT molecular complexity index is 1530. The van der Waals surface area contributed by atoms with Crippen molar-refractivity contribution in [3.63, 3.8) is 0 Å². The van der Waals surface area contributed by atoms with Crippen LogP contribution < -0.4 is 4.74 Å². The average molecular weight is 695 g/mol. The molecule has 2 atom stereocenters. The number of esters is 2. The van der Waals surface area contributed by atoms with Gasteiger partial charge in [0.2, 0.25) is 0 Å². The van der Waals surface area contributed by atoms with Crippen LogP contribution >= 0.6 is 0 Å². The Morgan fingerprint density at radius 3 is 2.08 bits per heavy atom. The predicted molar refractivity (Wildman–Crippen MR) is 187 cm³/mol. The fourth-order valence-corrected chi connectivity index (χ4v) is 6.23. The Balaban J connectivity index is 1.25. The number of benzene rings is 3. The SMILES string of the molecule is CCCCCCCCCC(=O)c1ccc2c(c1)CCC(C(=O)Oc1ccc(-c3ccc(C(=O)O[C@H](CCCOCC)C(F)(F)F)cc3)cc1)C2. The second-order valence-electron chi connectivity index (χ2n) is 13.0. The number of unbranched alkanes of at least 4 members (excludes halogenated alkanes) is 6. The van der Waals surface area contributed by atoms with Crippen molar-refractivity contribution in [3.05, 3.63) is 89.0 Å². The number of hydrogen-bond acceptors (Lipinski definition) is 6. The maximum atomic E-state index is 13.4. The van der Waals surface area contributed by atoms with E-state index in [0.29, 0.717) is 38.0 Å². The molecule has 270 valence electrons. The Labute approximate surface area is 293 Å². The fourth-order valence-electron chi connectivity index (χ4n) is 6.23. The minimum absolute atomic E-state index is 0.0127. The number of carbonyl (C=O) groups is 3. The van der Waals surface area contributed by atoms with Crippen LogP contribution in [0.3, 0.4) is 0 Å². The summed E-state index contributed by atoms with van der Waals surface area (Å²) in [5, 5.41) is 0. The normalized spacial score (nSPS) is 14.9. The quantitative estimate of drug-likeness (QED) is 0.0538. The summed E-state index contributed by atoms with van der Waals surface area (Å²) in [4.78, 5) is 38.3. The fraction of sp³-hybridized carbons (Fsp3) is 0.488. The Morgan fingerprint density at radius 1 is 0.780 bits per heavy atom. The largest absolute Gasteiger partial charge is 0.449 e. The lowest BCUT2D eigenvalue weighted by molar-refractivity contribution is -0.206. The van der Waals surface area contributed by atoms with Crippen LogP contribution in [0.25, 0.3) is 11.1 Å². The first-order valence-electron chi connectivity index (χ1n) is 18.0. The van der Waals surface area contributed by atoms with Gasteiger partial charge in [0.1, 0.15) is 5.75 Å². The summed E-state index contributed by atoms with van der Waals surface area (Å²) in [5.74, 6) is -1.05. The van der Waals surface area contributed by atoms with Gasteiger partial charge in [-0.05, 0) is 98.0 Å². The molecule has 0 heterocycles. The highest BCUT2D eigenvalue weighted by atomic mass is 19.4. The van der Waals surface area contributed by atoms with Crippen molar-refractivity contribution in [1.29, 1.82) is 0 Å². The zero-order valence-corrected chi connectivity index (χ0v) is 29.2. The third-order valence-electron chi connectivity index (χ3n) is 9.20. The van der Waals surface area contributed by atoms with E-state index in [1.54, 1.807) is 43.3 Å². The Hall–Kier alpha value is -3.98. The number of halogens is 3. The van der Waals surface area contributed by atoms with Crippen LogP contribution in [-0.2, 0) is 27.1 Å². The molecule has 0 radical (unpaired) electrons. The zero-order valence-electron chi connectivity index (χ0n) is 29.2. The molecule has 4 rings (SSSR count). The van der Waals surface area contributed by atoms with Crippen molar-refractivity contribution in [3.8, 4) is 16.9 Å². The molecule has 0 aliphatic heterocycles. The van der Waals surface area contributed by atoms with E-state index in [1.165, 1.54) is 44.2 Å². The van der Waals surface area contributed by atoms with Gasteiger partial charge in [-0.1, -0.05) is 81.8 Å². The van der Waals surface area contributed by atoms with Gasteiger partial charge in [0.05, 0.1) is 11.5 Å². The first-order valence-corrected chi connectivity index (χ1v) is 18.0. The molecular formula is C41H49F3O6. The summed E-state index contributed by atoms with van der Waals surface area (Å²) in [6.07, 6.45) is 3.56. The smallest absolute Gasteiger partial charge is 0.425 e. The molecule has 9 heteroatoms. The number of aryl methyl sites for hydroxylation is 1. The number of ketones is 1. The highest BCUT2D eigenvalue weighted by molar-refractivity contribution is 5.96. The summed E-state index contributed by atoms with van der Waals surface area (Å²) >= 11 is 0. The lowest BCUT2D eigenvalue weighted by Gasteiger charge is -2.23. The van der Waals surface area contributed by atoms with Gasteiger partial charge < -0.3 is 14.2 Å². The maximum Gasteiger partial charge on any atom is 0.425 e. The summed E-state index contributed by atoms with van der Waals surface area (Å²) in [6, 6.07) is 18.9. The molecule has 0 saturated carbocycles. The van der Waals surface area contributed by atoms with Gasteiger partial charge in [-0.3, -0.25) is 9.59 Å². The van der Waals surface area contributed by atoms with Crippen LogP contribution in [0.5, 0.6) is 5.75 Å². The minimum Gasteiger partial charge on any atom is -0.449 e. The first kappa shape index (κ1) is 38.8. The standard InChI is InChI=1S/C41H49F3O6/c1-3-5-6-7-8-9-10-12-37(45)34-20-18-33-28-35(21-19-32(33)27-34)40(47)49-36-24-22-30(23-25-36)29-14-16-31(17-15-29)39(46)50-38(41(42,43)44)13-11-26-48-4-2/h14-18,20,22-25,27,35,38H,3-13,19,21,26,28H2,1-2H3/t35?,38-/m1/s1. The summed E-state index contributed by atoms with van der Waals surface area (Å²) in [5.41, 5.74) is 4.47. The zero-order chi connectivity index (χ0) is 35.9. The van der Waals surface area contributed by atoms with Crippen molar-refractivity contribution in [1.82, 2.24) is 0 Å². The van der Waals surface area contributed by atoms with Gasteiger partial charge in [0.15, 0.2) is 11.9 Å². The lowest BCUT2D eigenvalue weighted by Crippen LogP contribution is -2.34. The molecule has 6 nitrogen and oxygen atoms in total. The van der Waals surface area contributed by atoms with Crippen LogP contribution in [0.1, 0.15) is 116 Å². The number of ether oxygens (including phenoxy) is 3. The summed E-state index contributed by atoms with van der Waals surface area (Å²) in [6.45, 7) is 4.52. The molecule has 1 aliphatic rings. The minimum atomic E-state index is -4.67. The molecule has 1 unspecified atom stereocenters. The van der Waals surface area contributed by atoms with Gasteiger partial charge in [0.25, 0.3) is 0 Å². The molecule has 0 bridgehead atoms. The van der Waals surface area contributed by atoms with Crippen molar-refractivity contribution < 1.29 is 41.8 Å². The predicted octanol–water partition coefficient (Wildman–Crippen LogP) is 10.3. The van der Waals surface area contributed by atoms with E-state index in [1.807, 2.05) is 18.2 Å². The average Bonchev–Trinajstić information content (AvgIpc) is 3.11. The molecule has 0 saturated heterocycles. The van der Waals surface area contributed by atoms with Crippen LogP contribution in [0.2, 0.25) is 0 Å². The van der Waals surface area contributed by atoms with Crippen LogP contribution in [-0.4, -0.2) is 43.2 Å². The molecule has 0 N–H and O–H groups in total. The van der Waals surface area contributed by atoms with Gasteiger partial charge in [0, 0.05) is 25.2 Å². The number of hydrogen-bond donors (Lipinski definition) is 0. The van der Waals surface area contributed by atoms with E-state index in [-0.39, 0.29) is 42.7 Å². The molecule has 3 aromatic carbocycles. The number of fused-ring (bicyclic) bond motifs is 1. The molecular weight excluding hydrogens is 645 g/mol. The van der Waals surface area contributed by atoms with Crippen molar-refractivity contribution in [2.45, 2.75) is 110 Å². The van der Waals surface area contributed by atoms with Gasteiger partial charge >= 0.3 is 18.1 Å². The van der Waals surface area contributed by atoms with Crippen molar-refractivity contribution in [2.75, 3.05) is 13.2 Å². The highest BCUT2D eigenvalue weighted by Gasteiger charge is 2.42. The summed E-state index contributed by atoms with van der Waals surface area (Å²) < 4.78 is 55.9. The van der Waals surface area contributed by atoms with Crippen LogP contribution in [0.4, 0.5) is 13.2 Å². The summed E-state index contributed by atoms with van der Waals surface area (Å²) in [7, 11) is 0. The number of rotatable bonds is 19. The van der Waals surface area contributed by atoms with E-state index < -0.39 is 18.2 Å². The second kappa shape index (κ2) is 19.4. The second-order valence-corrected chi connectivity index (χ2v) is 13.0. The van der Waals surface area contributed by atoms with Gasteiger partial charge in [-0.25, -0.2) is 4.79 Å². The molecule has 0 spiro atoms. The Morgan fingerprint density at radius 2 is 1.42 bits per heavy atom. The topological polar surface area (TPSA) is 78.9 Å². The molecule has 3 aromatic rings. The van der Waals surface area contributed by atoms with Crippen LogP contribution in [0, 0.1) is 5.92 Å². The number of carbonyl (C=O) groups excluding carboxylic acids is 3. The van der Waals surface area contributed by atoms with E-state index in [0.717, 1.165) is 40.7 Å². The van der Waals surface area contributed by atoms with Crippen molar-refractivity contribution >= 4 is 17.7 Å². The maximum absolute atomic E-state index is 13.4. The third-order valence-corrected chi connectivity index (χ3v) is 9.20. The van der Waals surface area contributed by atoms with E-state index in [4.69, 9.17) is 14.2 Å². The first-order chi connectivity index (χ1) is 24.1. The van der Waals surface area contributed by atoms with Gasteiger partial charge in [-0.15, -0.1) is 0 Å². The Kier molecular flexibility index (Phi) is 15.1. The third kappa shape index (κ3) is 11.8. The lowest BCUT2D eigenvalue weighted by atomic mass is 9.82. The van der Waals surface area contributed by atoms with E-state index >= 15 is 0 Å². The van der Waals surface area contributed by atoms with Crippen LogP contribution in [0.15, 0.2) is 66.7 Å². The molecule has 0 aromatic heterocycles. The van der Waals surface area contributed by atoms with Gasteiger partial charge in [-0.2, -0.15) is 13.2 Å². The van der Waals surface area contributed by atoms with E-state index in [9.17, 15) is 27.6 Å². The molecule has 1 aliphatic carbocycles. The van der Waals surface area contributed by atoms with E-state index in [2.05, 4.69) is 6.92 Å². The molecule has 0 amide bonds. The highest BCUT2D eigenvalue weighted by Crippen LogP contribution is 2.31.